The number of carbonyl (C=O) groups is 1. The van der Waals surface area contributed by atoms with Crippen LogP contribution in [0, 0.1) is 5.92 Å². The molecule has 0 fully saturated rings. The van der Waals surface area contributed by atoms with Crippen molar-refractivity contribution in [3.8, 4) is 0 Å². The third-order valence-corrected chi connectivity index (χ3v) is 2.06. The molecule has 0 atom stereocenters. The fraction of sp³-hybridized carbons (Fsp3) is 0.615. The summed E-state index contributed by atoms with van der Waals surface area (Å²) in [6.45, 7) is 8.17. The predicted octanol–water partition coefficient (Wildman–Crippen LogP) is 3.90. The molecule has 0 aliphatic carbocycles. The van der Waals surface area contributed by atoms with Gasteiger partial charge in [-0.05, 0) is 38.7 Å². The average Bonchev–Trinajstić information content (AvgIpc) is 2.02. The first-order valence-electron chi connectivity index (χ1n) is 5.36. The molecule has 0 spiro atoms. The van der Waals surface area contributed by atoms with Gasteiger partial charge in [0.15, 0.2) is 5.78 Å². The Labute approximate surface area is 87.9 Å². The molecular weight excluding hydrogens is 172 g/mol. The summed E-state index contributed by atoms with van der Waals surface area (Å²) in [5.41, 5.74) is 1.35. The van der Waals surface area contributed by atoms with E-state index < -0.39 is 0 Å². The number of allylic oxidation sites excluding steroid dienone is 4. The second-order valence-electron chi connectivity index (χ2n) is 4.27. The van der Waals surface area contributed by atoms with E-state index in [0.29, 0.717) is 0 Å². The summed E-state index contributed by atoms with van der Waals surface area (Å²) in [7, 11) is 0. The molecule has 0 saturated heterocycles. The minimum atomic E-state index is 0.108. The Morgan fingerprint density at radius 2 is 1.93 bits per heavy atom. The lowest BCUT2D eigenvalue weighted by atomic mass is 10.0. The highest BCUT2D eigenvalue weighted by Crippen LogP contribution is 2.11. The molecular formula is C13H22O. The normalized spacial score (nSPS) is 12.8. The van der Waals surface area contributed by atoms with Gasteiger partial charge in [-0.2, -0.15) is 0 Å². The van der Waals surface area contributed by atoms with Crippen molar-refractivity contribution in [1.82, 2.24) is 0 Å². The molecule has 0 bridgehead atoms. The number of hydrogen-bond acceptors (Lipinski definition) is 1. The van der Waals surface area contributed by atoms with Crippen LogP contribution in [-0.2, 0) is 4.79 Å². The molecule has 0 aromatic carbocycles. The maximum Gasteiger partial charge on any atom is 0.152 e. The van der Waals surface area contributed by atoms with Gasteiger partial charge in [-0.15, -0.1) is 0 Å². The fourth-order valence-electron chi connectivity index (χ4n) is 1.22. The number of hydrogen-bond donors (Lipinski definition) is 0. The zero-order valence-electron chi connectivity index (χ0n) is 9.84. The van der Waals surface area contributed by atoms with Crippen LogP contribution in [0.15, 0.2) is 23.8 Å². The Hall–Kier alpha value is -0.850. The third kappa shape index (κ3) is 9.24. The smallest absolute Gasteiger partial charge is 0.152 e. The zero-order valence-corrected chi connectivity index (χ0v) is 9.84. The molecule has 0 heterocycles. The number of ketones is 1. The van der Waals surface area contributed by atoms with E-state index in [1.165, 1.54) is 18.4 Å². The summed E-state index contributed by atoms with van der Waals surface area (Å²) in [6, 6.07) is 0. The summed E-state index contributed by atoms with van der Waals surface area (Å²) < 4.78 is 0. The summed E-state index contributed by atoms with van der Waals surface area (Å²) in [4.78, 5) is 10.6. The SMILES string of the molecule is CC(=O)C=CC=C(C)CCCC(C)C. The Kier molecular flexibility index (Phi) is 7.09. The van der Waals surface area contributed by atoms with Crippen molar-refractivity contribution in [2.24, 2.45) is 5.92 Å². The van der Waals surface area contributed by atoms with Gasteiger partial charge in [0.05, 0.1) is 0 Å². The molecule has 0 aliphatic heterocycles. The molecule has 0 radical (unpaired) electrons. The molecule has 0 aliphatic rings. The van der Waals surface area contributed by atoms with Crippen molar-refractivity contribution >= 4 is 5.78 Å². The molecule has 0 aromatic heterocycles. The first-order valence-corrected chi connectivity index (χ1v) is 5.36. The van der Waals surface area contributed by atoms with E-state index in [2.05, 4.69) is 20.8 Å². The van der Waals surface area contributed by atoms with Gasteiger partial charge in [-0.3, -0.25) is 4.79 Å². The first-order chi connectivity index (χ1) is 6.52. The summed E-state index contributed by atoms with van der Waals surface area (Å²) >= 11 is 0. The summed E-state index contributed by atoms with van der Waals surface area (Å²) in [5, 5.41) is 0. The van der Waals surface area contributed by atoms with E-state index in [9.17, 15) is 4.79 Å². The lowest BCUT2D eigenvalue weighted by molar-refractivity contribution is -0.112. The van der Waals surface area contributed by atoms with Gasteiger partial charge in [0, 0.05) is 0 Å². The summed E-state index contributed by atoms with van der Waals surface area (Å²) in [5.74, 6) is 0.895. The monoisotopic (exact) mass is 194 g/mol. The van der Waals surface area contributed by atoms with Gasteiger partial charge in [0.1, 0.15) is 0 Å². The first kappa shape index (κ1) is 13.2. The number of carbonyl (C=O) groups excluding carboxylic acids is 1. The highest BCUT2D eigenvalue weighted by atomic mass is 16.1. The Morgan fingerprint density at radius 1 is 1.29 bits per heavy atom. The van der Waals surface area contributed by atoms with E-state index >= 15 is 0 Å². The Balaban J connectivity index is 3.72. The molecule has 0 N–H and O–H groups in total. The van der Waals surface area contributed by atoms with Crippen molar-refractivity contribution in [3.63, 3.8) is 0 Å². The molecule has 0 saturated carbocycles. The van der Waals surface area contributed by atoms with Gasteiger partial charge >= 0.3 is 0 Å². The minimum Gasteiger partial charge on any atom is -0.295 e. The van der Waals surface area contributed by atoms with Crippen LogP contribution < -0.4 is 0 Å². The fourth-order valence-corrected chi connectivity index (χ4v) is 1.22. The molecule has 0 amide bonds. The van der Waals surface area contributed by atoms with E-state index in [4.69, 9.17) is 0 Å². The van der Waals surface area contributed by atoms with Gasteiger partial charge in [-0.25, -0.2) is 0 Å². The van der Waals surface area contributed by atoms with Crippen LogP contribution in [-0.4, -0.2) is 5.78 Å². The Morgan fingerprint density at radius 3 is 2.43 bits per heavy atom. The van der Waals surface area contributed by atoms with Crippen molar-refractivity contribution in [2.45, 2.75) is 47.0 Å². The molecule has 80 valence electrons. The summed E-state index contributed by atoms with van der Waals surface area (Å²) in [6.07, 6.45) is 9.14. The zero-order chi connectivity index (χ0) is 11.0. The number of rotatable bonds is 6. The predicted molar refractivity (Wildman–Crippen MR) is 62.3 cm³/mol. The lowest BCUT2D eigenvalue weighted by Crippen LogP contribution is -1.87. The van der Waals surface area contributed by atoms with Gasteiger partial charge in [0.25, 0.3) is 0 Å². The van der Waals surface area contributed by atoms with Gasteiger partial charge in [0.2, 0.25) is 0 Å². The molecule has 14 heavy (non-hydrogen) atoms. The lowest BCUT2D eigenvalue weighted by Gasteiger charge is -2.03. The maximum absolute atomic E-state index is 10.6. The molecule has 0 rings (SSSR count). The minimum absolute atomic E-state index is 0.108. The van der Waals surface area contributed by atoms with E-state index in [1.807, 2.05) is 12.2 Å². The topological polar surface area (TPSA) is 17.1 Å². The standard InChI is InChI=1S/C13H22O/c1-11(2)7-5-8-12(3)9-6-10-13(4)14/h6,9-11H,5,7-8H2,1-4H3. The largest absolute Gasteiger partial charge is 0.295 e. The molecule has 1 heteroatoms. The highest BCUT2D eigenvalue weighted by Gasteiger charge is 1.94. The molecule has 0 unspecified atom stereocenters. The van der Waals surface area contributed by atoms with Crippen LogP contribution in [0.2, 0.25) is 0 Å². The van der Waals surface area contributed by atoms with Crippen LogP contribution >= 0.6 is 0 Å². The maximum atomic E-state index is 10.6. The molecule has 0 aromatic rings. The molecule has 1 nitrogen and oxygen atoms in total. The van der Waals surface area contributed by atoms with E-state index in [1.54, 1.807) is 13.0 Å². The van der Waals surface area contributed by atoms with Crippen molar-refractivity contribution in [1.29, 1.82) is 0 Å². The van der Waals surface area contributed by atoms with Crippen LogP contribution in [0.4, 0.5) is 0 Å². The van der Waals surface area contributed by atoms with Crippen LogP contribution in [0.5, 0.6) is 0 Å². The second kappa shape index (κ2) is 7.54. The quantitative estimate of drug-likeness (QED) is 0.463. The van der Waals surface area contributed by atoms with E-state index in [-0.39, 0.29) is 5.78 Å². The third-order valence-electron chi connectivity index (χ3n) is 2.06. The Bertz CT molecular complexity index is 221. The van der Waals surface area contributed by atoms with Gasteiger partial charge < -0.3 is 0 Å². The van der Waals surface area contributed by atoms with Crippen LogP contribution in [0.25, 0.3) is 0 Å². The van der Waals surface area contributed by atoms with Crippen molar-refractivity contribution in [3.05, 3.63) is 23.8 Å². The van der Waals surface area contributed by atoms with Crippen LogP contribution in [0.1, 0.15) is 47.0 Å². The van der Waals surface area contributed by atoms with E-state index in [0.717, 1.165) is 12.3 Å². The van der Waals surface area contributed by atoms with Gasteiger partial charge in [-0.1, -0.05) is 38.0 Å². The van der Waals surface area contributed by atoms with Crippen molar-refractivity contribution < 1.29 is 4.79 Å². The van der Waals surface area contributed by atoms with Crippen LogP contribution in [0.3, 0.4) is 0 Å². The highest BCUT2D eigenvalue weighted by molar-refractivity contribution is 5.87. The second-order valence-corrected chi connectivity index (χ2v) is 4.27. The van der Waals surface area contributed by atoms with Crippen molar-refractivity contribution in [2.75, 3.05) is 0 Å². The average molecular weight is 194 g/mol.